The van der Waals surface area contributed by atoms with Crippen LogP contribution in [0.1, 0.15) is 31.7 Å². The van der Waals surface area contributed by atoms with Gasteiger partial charge in [0.05, 0.1) is 6.61 Å². The molecular weight excluding hydrogens is 308 g/mol. The van der Waals surface area contributed by atoms with Gasteiger partial charge in [0, 0.05) is 10.9 Å². The molecule has 0 radical (unpaired) electrons. The van der Waals surface area contributed by atoms with Crippen molar-refractivity contribution in [1.82, 2.24) is 0 Å². The fourth-order valence-electron chi connectivity index (χ4n) is 2.64. The van der Waals surface area contributed by atoms with Crippen molar-refractivity contribution >= 4 is 27.7 Å². The first kappa shape index (κ1) is 14.3. The number of carbonyl (C=O) groups excluding carboxylic acids is 2. The Bertz CT molecular complexity index is 498. The van der Waals surface area contributed by atoms with Gasteiger partial charge in [-0.15, -0.1) is 0 Å². The molecule has 0 saturated heterocycles. The van der Waals surface area contributed by atoms with Crippen molar-refractivity contribution in [3.05, 3.63) is 34.3 Å². The van der Waals surface area contributed by atoms with E-state index >= 15 is 0 Å². The second-order valence-corrected chi connectivity index (χ2v) is 5.70. The maximum atomic E-state index is 12.2. The lowest BCUT2D eigenvalue weighted by Gasteiger charge is -2.25. The van der Waals surface area contributed by atoms with Gasteiger partial charge in [-0.05, 0) is 37.8 Å². The van der Waals surface area contributed by atoms with Gasteiger partial charge in [0.25, 0.3) is 0 Å². The Labute approximate surface area is 121 Å². The minimum absolute atomic E-state index is 0.0155. The zero-order chi connectivity index (χ0) is 13.9. The zero-order valence-electron chi connectivity index (χ0n) is 10.9. The summed E-state index contributed by atoms with van der Waals surface area (Å²) >= 11 is 3.47. The second kappa shape index (κ2) is 5.87. The summed E-state index contributed by atoms with van der Waals surface area (Å²) < 4.78 is 6.07. The lowest BCUT2D eigenvalue weighted by molar-refractivity contribution is -0.158. The zero-order valence-corrected chi connectivity index (χ0v) is 12.5. The Balaban J connectivity index is 2.32. The van der Waals surface area contributed by atoms with Crippen LogP contribution in [0.4, 0.5) is 0 Å². The van der Waals surface area contributed by atoms with Crippen molar-refractivity contribution in [3.63, 3.8) is 0 Å². The molecule has 1 atom stereocenters. The number of carbonyl (C=O) groups is 2. The Morgan fingerprint density at radius 1 is 1.42 bits per heavy atom. The fraction of sp³-hybridized carbons (Fsp3) is 0.467. The third-order valence-electron chi connectivity index (χ3n) is 3.66. The number of ketones is 1. The quantitative estimate of drug-likeness (QED) is 0.630. The van der Waals surface area contributed by atoms with Crippen LogP contribution >= 0.6 is 15.9 Å². The van der Waals surface area contributed by atoms with E-state index in [1.165, 1.54) is 0 Å². The molecule has 1 fully saturated rings. The summed E-state index contributed by atoms with van der Waals surface area (Å²) in [7, 11) is 0. The van der Waals surface area contributed by atoms with Crippen LogP contribution in [0.25, 0.3) is 0 Å². The van der Waals surface area contributed by atoms with Gasteiger partial charge in [-0.25, -0.2) is 0 Å². The fourth-order valence-corrected chi connectivity index (χ4v) is 3.07. The molecule has 4 heteroatoms. The van der Waals surface area contributed by atoms with E-state index in [0.29, 0.717) is 25.9 Å². The average molecular weight is 325 g/mol. The van der Waals surface area contributed by atoms with E-state index in [1.807, 2.05) is 24.3 Å². The summed E-state index contributed by atoms with van der Waals surface area (Å²) in [5.41, 5.74) is 0.00526. The second-order valence-electron chi connectivity index (χ2n) is 4.85. The van der Waals surface area contributed by atoms with Crippen LogP contribution in [-0.4, -0.2) is 18.4 Å². The first-order valence-electron chi connectivity index (χ1n) is 6.54. The third-order valence-corrected chi connectivity index (χ3v) is 4.43. The minimum atomic E-state index is -0.972. The number of hydrogen-bond acceptors (Lipinski definition) is 3. The standard InChI is InChI=1S/C15H17BrO3/c1-2-19-14(18)15(9-5-8-13(15)17)10-11-6-3-4-7-12(11)16/h3-4,6-7H,2,5,8-10H2,1H3. The van der Waals surface area contributed by atoms with Crippen LogP contribution < -0.4 is 0 Å². The molecule has 1 aliphatic rings. The lowest BCUT2D eigenvalue weighted by atomic mass is 9.79. The van der Waals surface area contributed by atoms with E-state index in [1.54, 1.807) is 6.92 Å². The number of rotatable bonds is 4. The monoisotopic (exact) mass is 324 g/mol. The Hall–Kier alpha value is -1.16. The Morgan fingerprint density at radius 3 is 2.74 bits per heavy atom. The highest BCUT2D eigenvalue weighted by Gasteiger charge is 2.49. The van der Waals surface area contributed by atoms with Gasteiger partial charge in [-0.2, -0.15) is 0 Å². The number of ether oxygens (including phenoxy) is 1. The van der Waals surface area contributed by atoms with Crippen molar-refractivity contribution < 1.29 is 14.3 Å². The van der Waals surface area contributed by atoms with Crippen molar-refractivity contribution in [2.45, 2.75) is 32.6 Å². The molecule has 0 N–H and O–H groups in total. The maximum absolute atomic E-state index is 12.2. The van der Waals surface area contributed by atoms with E-state index in [4.69, 9.17) is 4.74 Å². The SMILES string of the molecule is CCOC(=O)C1(Cc2ccccc2Br)CCCC1=O. The highest BCUT2D eigenvalue weighted by molar-refractivity contribution is 9.10. The molecule has 1 unspecified atom stereocenters. The van der Waals surface area contributed by atoms with Crippen LogP contribution in [0.3, 0.4) is 0 Å². The molecule has 1 aliphatic carbocycles. The lowest BCUT2D eigenvalue weighted by Crippen LogP contribution is -2.39. The van der Waals surface area contributed by atoms with Gasteiger partial charge in [0.15, 0.2) is 5.78 Å². The number of halogens is 1. The molecule has 0 bridgehead atoms. The van der Waals surface area contributed by atoms with E-state index in [-0.39, 0.29) is 11.8 Å². The molecule has 19 heavy (non-hydrogen) atoms. The third kappa shape index (κ3) is 2.73. The van der Waals surface area contributed by atoms with Gasteiger partial charge in [0.2, 0.25) is 0 Å². The molecule has 0 amide bonds. The highest BCUT2D eigenvalue weighted by atomic mass is 79.9. The molecule has 1 saturated carbocycles. The summed E-state index contributed by atoms with van der Waals surface area (Å²) in [5.74, 6) is -0.352. The number of benzene rings is 1. The number of Topliss-reactive ketones (excluding diaryl/α,β-unsaturated/α-hetero) is 1. The molecule has 0 heterocycles. The van der Waals surface area contributed by atoms with Crippen molar-refractivity contribution in [2.24, 2.45) is 5.41 Å². The summed E-state index contributed by atoms with van der Waals surface area (Å²) in [6, 6.07) is 7.70. The van der Waals surface area contributed by atoms with Gasteiger partial charge in [-0.1, -0.05) is 34.1 Å². The van der Waals surface area contributed by atoms with Crippen molar-refractivity contribution in [3.8, 4) is 0 Å². The predicted molar refractivity (Wildman–Crippen MR) is 75.8 cm³/mol. The van der Waals surface area contributed by atoms with Crippen LogP contribution in [0.5, 0.6) is 0 Å². The summed E-state index contributed by atoms with van der Waals surface area (Å²) in [6.45, 7) is 2.08. The molecule has 2 rings (SSSR count). The van der Waals surface area contributed by atoms with Gasteiger partial charge in [-0.3, -0.25) is 9.59 Å². The van der Waals surface area contributed by atoms with Crippen molar-refractivity contribution in [1.29, 1.82) is 0 Å². The molecule has 1 aromatic carbocycles. The van der Waals surface area contributed by atoms with Gasteiger partial charge < -0.3 is 4.74 Å². The molecule has 0 spiro atoms. The highest BCUT2D eigenvalue weighted by Crippen LogP contribution is 2.40. The summed E-state index contributed by atoms with van der Waals surface area (Å²) in [5, 5.41) is 0. The number of hydrogen-bond donors (Lipinski definition) is 0. The minimum Gasteiger partial charge on any atom is -0.465 e. The molecule has 0 aliphatic heterocycles. The molecule has 102 valence electrons. The molecule has 0 aromatic heterocycles. The molecule has 1 aromatic rings. The van der Waals surface area contributed by atoms with E-state index in [2.05, 4.69) is 15.9 Å². The van der Waals surface area contributed by atoms with E-state index in [9.17, 15) is 9.59 Å². The summed E-state index contributed by atoms with van der Waals surface area (Å²) in [6.07, 6.45) is 2.25. The largest absolute Gasteiger partial charge is 0.465 e. The first-order valence-corrected chi connectivity index (χ1v) is 7.33. The van der Waals surface area contributed by atoms with Crippen LogP contribution in [0.2, 0.25) is 0 Å². The maximum Gasteiger partial charge on any atom is 0.319 e. The van der Waals surface area contributed by atoms with Crippen molar-refractivity contribution in [2.75, 3.05) is 6.61 Å². The Kier molecular flexibility index (Phi) is 4.40. The van der Waals surface area contributed by atoms with E-state index in [0.717, 1.165) is 16.5 Å². The summed E-state index contributed by atoms with van der Waals surface area (Å²) in [4.78, 5) is 24.4. The predicted octanol–water partition coefficient (Wildman–Crippen LogP) is 3.29. The average Bonchev–Trinajstić information content (AvgIpc) is 2.75. The van der Waals surface area contributed by atoms with Gasteiger partial charge in [0.1, 0.15) is 5.41 Å². The first-order chi connectivity index (χ1) is 9.10. The van der Waals surface area contributed by atoms with Crippen LogP contribution in [0, 0.1) is 5.41 Å². The van der Waals surface area contributed by atoms with E-state index < -0.39 is 5.41 Å². The Morgan fingerprint density at radius 2 is 2.16 bits per heavy atom. The normalized spacial score (nSPS) is 22.5. The van der Waals surface area contributed by atoms with Crippen LogP contribution in [-0.2, 0) is 20.7 Å². The smallest absolute Gasteiger partial charge is 0.319 e. The molecule has 3 nitrogen and oxygen atoms in total. The topological polar surface area (TPSA) is 43.4 Å². The van der Waals surface area contributed by atoms with Crippen LogP contribution in [0.15, 0.2) is 28.7 Å². The van der Waals surface area contributed by atoms with Gasteiger partial charge >= 0.3 is 5.97 Å². The number of esters is 1. The molecular formula is C15H17BrO3.